The van der Waals surface area contributed by atoms with Crippen LogP contribution in [-0.4, -0.2) is 5.11 Å². The fourth-order valence-corrected chi connectivity index (χ4v) is 1.66. The summed E-state index contributed by atoms with van der Waals surface area (Å²) in [6.07, 6.45) is 2.10. The second-order valence-electron chi connectivity index (χ2n) is 4.16. The van der Waals surface area contributed by atoms with Crippen molar-refractivity contribution in [3.8, 4) is 0 Å². The highest BCUT2D eigenvalue weighted by molar-refractivity contribution is 5.33. The average Bonchev–Trinajstić information content (AvgIpc) is 2.16. The summed E-state index contributed by atoms with van der Waals surface area (Å²) in [7, 11) is 0. The molecule has 0 heterocycles. The van der Waals surface area contributed by atoms with E-state index in [9.17, 15) is 0 Å². The summed E-state index contributed by atoms with van der Waals surface area (Å²) in [6, 6.07) is 6.32. The second-order valence-corrected chi connectivity index (χ2v) is 4.16. The Balaban J connectivity index is 2.92. The monoisotopic (exact) mass is 191 g/mol. The summed E-state index contributed by atoms with van der Waals surface area (Å²) in [5, 5.41) is 8.99. The first-order valence-electron chi connectivity index (χ1n) is 5.26. The number of hydrogen-bond donors (Lipinski definition) is 1. The van der Waals surface area contributed by atoms with Crippen LogP contribution < -0.4 is 0 Å². The molecule has 0 fully saturated rings. The minimum atomic E-state index is 0.661. The van der Waals surface area contributed by atoms with Gasteiger partial charge in [-0.15, -0.1) is 0 Å². The van der Waals surface area contributed by atoms with E-state index in [4.69, 9.17) is 5.11 Å². The Kier molecular flexibility index (Phi) is 4.15. The van der Waals surface area contributed by atoms with Crippen LogP contribution in [0, 0.1) is 12.5 Å². The summed E-state index contributed by atoms with van der Waals surface area (Å²) < 4.78 is 0. The molecule has 0 spiro atoms. The lowest BCUT2D eigenvalue weighted by Crippen LogP contribution is -1.97. The zero-order valence-electron chi connectivity index (χ0n) is 9.25. The van der Waals surface area contributed by atoms with Crippen LogP contribution in [0.1, 0.15) is 37.5 Å². The maximum Gasteiger partial charge on any atom is 0.109 e. The summed E-state index contributed by atoms with van der Waals surface area (Å²) in [5.74, 6) is 0.661. The molecule has 0 amide bonds. The molecule has 14 heavy (non-hydrogen) atoms. The van der Waals surface area contributed by atoms with Crippen LogP contribution in [0.2, 0.25) is 0 Å². The van der Waals surface area contributed by atoms with E-state index >= 15 is 0 Å². The quantitative estimate of drug-likeness (QED) is 0.774. The van der Waals surface area contributed by atoms with E-state index in [0.717, 1.165) is 18.4 Å². The standard InChI is InChI=1S/C13H19O/c1-4-11-6-12(5-10(2)3)8-13(7-11)9-14/h6-10,14H,4-5H2,1-3H3. The molecule has 0 saturated carbocycles. The lowest BCUT2D eigenvalue weighted by atomic mass is 9.98. The lowest BCUT2D eigenvalue weighted by Gasteiger charge is -2.09. The van der Waals surface area contributed by atoms with Gasteiger partial charge in [-0.1, -0.05) is 39.0 Å². The number of rotatable bonds is 4. The van der Waals surface area contributed by atoms with Crippen molar-refractivity contribution in [1.29, 1.82) is 0 Å². The third kappa shape index (κ3) is 3.15. The maximum absolute atomic E-state index is 8.99. The number of aliphatic hydroxyl groups excluding tert-OH is 1. The van der Waals surface area contributed by atoms with Gasteiger partial charge in [0.05, 0.1) is 0 Å². The Morgan fingerprint density at radius 3 is 2.36 bits per heavy atom. The molecular weight excluding hydrogens is 172 g/mol. The highest BCUT2D eigenvalue weighted by Crippen LogP contribution is 2.15. The molecule has 0 aliphatic rings. The second kappa shape index (κ2) is 5.16. The van der Waals surface area contributed by atoms with E-state index in [2.05, 4.69) is 32.9 Å². The number of aliphatic hydroxyl groups is 1. The van der Waals surface area contributed by atoms with Crippen LogP contribution in [0.25, 0.3) is 0 Å². The molecule has 0 bridgehead atoms. The van der Waals surface area contributed by atoms with E-state index in [1.165, 1.54) is 17.7 Å². The minimum absolute atomic E-state index is 0.661. The number of benzene rings is 1. The van der Waals surface area contributed by atoms with Gasteiger partial charge in [-0.25, -0.2) is 0 Å². The molecular formula is C13H19O. The van der Waals surface area contributed by atoms with E-state index in [1.54, 1.807) is 0 Å². The largest absolute Gasteiger partial charge is 0.385 e. The maximum atomic E-state index is 8.99. The molecule has 1 N–H and O–H groups in total. The van der Waals surface area contributed by atoms with Crippen LogP contribution in [0.15, 0.2) is 18.2 Å². The highest BCUT2D eigenvalue weighted by Gasteiger charge is 2.02. The van der Waals surface area contributed by atoms with Gasteiger partial charge in [0.1, 0.15) is 6.61 Å². The predicted molar refractivity (Wildman–Crippen MR) is 59.7 cm³/mol. The van der Waals surface area contributed by atoms with Gasteiger partial charge < -0.3 is 5.11 Å². The summed E-state index contributed by atoms with van der Waals surface area (Å²) in [4.78, 5) is 0. The molecule has 1 heteroatoms. The first-order valence-corrected chi connectivity index (χ1v) is 5.26. The van der Waals surface area contributed by atoms with Gasteiger partial charge in [0, 0.05) is 0 Å². The zero-order valence-corrected chi connectivity index (χ0v) is 9.25. The zero-order chi connectivity index (χ0) is 10.6. The Labute approximate surface area is 86.8 Å². The first kappa shape index (κ1) is 11.3. The van der Waals surface area contributed by atoms with Gasteiger partial charge in [-0.2, -0.15) is 0 Å². The molecule has 0 atom stereocenters. The summed E-state index contributed by atoms with van der Waals surface area (Å²) in [5.41, 5.74) is 3.53. The molecule has 77 valence electrons. The third-order valence-corrected chi connectivity index (χ3v) is 2.28. The van der Waals surface area contributed by atoms with E-state index < -0.39 is 0 Å². The Morgan fingerprint density at radius 1 is 1.21 bits per heavy atom. The SMILES string of the molecule is CCc1cc([CH]O)cc(CC(C)C)c1. The van der Waals surface area contributed by atoms with Gasteiger partial charge in [-0.05, 0) is 35.4 Å². The van der Waals surface area contributed by atoms with Crippen molar-refractivity contribution >= 4 is 0 Å². The van der Waals surface area contributed by atoms with Crippen LogP contribution in [0.5, 0.6) is 0 Å². The average molecular weight is 191 g/mol. The molecule has 0 saturated heterocycles. The third-order valence-electron chi connectivity index (χ3n) is 2.28. The van der Waals surface area contributed by atoms with Gasteiger partial charge in [0.2, 0.25) is 0 Å². The van der Waals surface area contributed by atoms with Gasteiger partial charge in [-0.3, -0.25) is 0 Å². The molecule has 0 aliphatic carbocycles. The summed E-state index contributed by atoms with van der Waals surface area (Å²) >= 11 is 0. The van der Waals surface area contributed by atoms with E-state index in [-0.39, 0.29) is 0 Å². The molecule has 0 aliphatic heterocycles. The fraction of sp³-hybridized carbons (Fsp3) is 0.462. The minimum Gasteiger partial charge on any atom is -0.385 e. The van der Waals surface area contributed by atoms with Crippen LogP contribution >= 0.6 is 0 Å². The van der Waals surface area contributed by atoms with E-state index in [0.29, 0.717) is 5.92 Å². The van der Waals surface area contributed by atoms with Gasteiger partial charge in [0.25, 0.3) is 0 Å². The molecule has 1 nitrogen and oxygen atoms in total. The predicted octanol–water partition coefficient (Wildman–Crippen LogP) is 3.33. The molecule has 0 aromatic heterocycles. The highest BCUT2D eigenvalue weighted by atomic mass is 16.3. The molecule has 1 aromatic rings. The number of hydrogen-bond acceptors (Lipinski definition) is 1. The lowest BCUT2D eigenvalue weighted by molar-refractivity contribution is 0.414. The Hall–Kier alpha value is -0.820. The van der Waals surface area contributed by atoms with Crippen LogP contribution in [-0.2, 0) is 12.8 Å². The normalized spacial score (nSPS) is 10.9. The summed E-state index contributed by atoms with van der Waals surface area (Å²) in [6.45, 7) is 7.74. The molecule has 1 radical (unpaired) electrons. The van der Waals surface area contributed by atoms with Crippen molar-refractivity contribution in [2.75, 3.05) is 0 Å². The van der Waals surface area contributed by atoms with Crippen molar-refractivity contribution in [1.82, 2.24) is 0 Å². The van der Waals surface area contributed by atoms with Gasteiger partial charge >= 0.3 is 0 Å². The van der Waals surface area contributed by atoms with Crippen molar-refractivity contribution in [3.05, 3.63) is 41.5 Å². The van der Waals surface area contributed by atoms with Gasteiger partial charge in [0.15, 0.2) is 0 Å². The Bertz CT molecular complexity index is 267. The Morgan fingerprint density at radius 2 is 1.86 bits per heavy atom. The molecule has 1 rings (SSSR count). The van der Waals surface area contributed by atoms with Crippen molar-refractivity contribution in [2.24, 2.45) is 5.92 Å². The first-order chi connectivity index (χ1) is 6.65. The smallest absolute Gasteiger partial charge is 0.109 e. The van der Waals surface area contributed by atoms with Crippen molar-refractivity contribution < 1.29 is 5.11 Å². The van der Waals surface area contributed by atoms with Crippen LogP contribution in [0.4, 0.5) is 0 Å². The fourth-order valence-electron chi connectivity index (χ4n) is 1.66. The van der Waals surface area contributed by atoms with Crippen molar-refractivity contribution in [3.63, 3.8) is 0 Å². The van der Waals surface area contributed by atoms with Crippen LogP contribution in [0.3, 0.4) is 0 Å². The molecule has 0 unspecified atom stereocenters. The number of aryl methyl sites for hydroxylation is 1. The van der Waals surface area contributed by atoms with E-state index in [1.807, 2.05) is 6.07 Å². The molecule has 1 aromatic carbocycles. The van der Waals surface area contributed by atoms with Crippen molar-refractivity contribution in [2.45, 2.75) is 33.6 Å². The topological polar surface area (TPSA) is 20.2 Å².